The summed E-state index contributed by atoms with van der Waals surface area (Å²) in [7, 11) is 0. The molecule has 300 valence electrons. The van der Waals surface area contributed by atoms with Crippen LogP contribution in [0.25, 0.3) is 0 Å². The number of aliphatic imine (C=N–C) groups is 1. The number of aliphatic carboxylic acids is 1. The zero-order valence-corrected chi connectivity index (χ0v) is 31.9. The van der Waals surface area contributed by atoms with E-state index < -0.39 is 71.8 Å². The quantitative estimate of drug-likeness (QED) is 0.0491. The van der Waals surface area contributed by atoms with Crippen molar-refractivity contribution in [3.8, 4) is 0 Å². The molecule has 1 fully saturated rings. The lowest BCUT2D eigenvalue weighted by Gasteiger charge is -2.31. The molecule has 16 nitrogen and oxygen atoms in total. The van der Waals surface area contributed by atoms with Crippen LogP contribution in [0.4, 0.5) is 0 Å². The highest BCUT2D eigenvalue weighted by Gasteiger charge is 2.39. The van der Waals surface area contributed by atoms with Gasteiger partial charge in [0.1, 0.15) is 30.2 Å². The molecule has 2 aromatic carbocycles. The van der Waals surface area contributed by atoms with Gasteiger partial charge in [0, 0.05) is 13.1 Å². The number of guanidine groups is 1. The second-order valence-corrected chi connectivity index (χ2v) is 14.3. The van der Waals surface area contributed by atoms with Crippen LogP contribution in [-0.4, -0.2) is 101 Å². The number of nitrogens with two attached hydrogens (primary N) is 3. The number of carboxylic acids is 1. The molecule has 1 aliphatic heterocycles. The predicted molar refractivity (Wildman–Crippen MR) is 208 cm³/mol. The fourth-order valence-electron chi connectivity index (χ4n) is 6.36. The van der Waals surface area contributed by atoms with E-state index in [0.717, 1.165) is 11.1 Å². The number of nitrogens with zero attached hydrogens (tertiary/aromatic N) is 2. The molecule has 0 saturated carbocycles. The highest BCUT2D eigenvalue weighted by atomic mass is 16.4. The molecule has 1 heterocycles. The third-order valence-electron chi connectivity index (χ3n) is 9.30. The molecular formula is C39H57N9O7. The minimum atomic E-state index is -1.26. The van der Waals surface area contributed by atoms with Gasteiger partial charge in [-0.3, -0.25) is 29.0 Å². The van der Waals surface area contributed by atoms with E-state index in [-0.39, 0.29) is 50.7 Å². The summed E-state index contributed by atoms with van der Waals surface area (Å²) in [5.74, 6) is -4.23. The fraction of sp³-hybridized carbons (Fsp3) is 0.513. The molecule has 0 aromatic heterocycles. The van der Waals surface area contributed by atoms with Gasteiger partial charge in [-0.1, -0.05) is 74.5 Å². The third-order valence-corrected chi connectivity index (χ3v) is 9.30. The molecule has 0 aliphatic carbocycles. The zero-order chi connectivity index (χ0) is 40.5. The number of aryl methyl sites for hydroxylation is 1. The van der Waals surface area contributed by atoms with E-state index in [4.69, 9.17) is 17.2 Å². The van der Waals surface area contributed by atoms with E-state index in [0.29, 0.717) is 25.7 Å². The van der Waals surface area contributed by atoms with Crippen LogP contribution in [0.2, 0.25) is 0 Å². The molecule has 11 N–H and O–H groups in total. The van der Waals surface area contributed by atoms with Crippen molar-refractivity contribution in [3.63, 3.8) is 0 Å². The van der Waals surface area contributed by atoms with Crippen LogP contribution in [0.5, 0.6) is 0 Å². The summed E-state index contributed by atoms with van der Waals surface area (Å²) < 4.78 is 0. The van der Waals surface area contributed by atoms with Crippen LogP contribution in [0.3, 0.4) is 0 Å². The number of hydrogen-bond acceptors (Lipinski definition) is 8. The minimum Gasteiger partial charge on any atom is -0.480 e. The smallest absolute Gasteiger partial charge is 0.326 e. The Morgan fingerprint density at radius 2 is 1.42 bits per heavy atom. The second kappa shape index (κ2) is 22.0. The molecule has 0 spiro atoms. The molecule has 6 atom stereocenters. The number of carboxylic acid groups (broad SMARTS) is 1. The van der Waals surface area contributed by atoms with Gasteiger partial charge in [-0.05, 0) is 75.3 Å². The van der Waals surface area contributed by atoms with E-state index in [1.54, 1.807) is 0 Å². The standard InChI is InChI=1S/C39H57N9O7/c1-24(2)22-31(35(51)44-25(3)33(49)46-30(38(54)55)16-10-20-43-39(41)42)47-36(52)32-17-11-21-48(32)37(53)29(19-18-26-12-6-4-7-13-26)45-34(50)28(40)23-27-14-8-5-9-15-27/h4-9,12-15,24-25,28-32H,10-11,16-23,40H2,1-3H3,(H,44,51)(H,45,50)(H,46,49)(H,47,52)(H,54,55)(H4,41,42,43)/t25-,28-,29-,30-,31-,32-/m0/s1. The van der Waals surface area contributed by atoms with Gasteiger partial charge in [0.25, 0.3) is 0 Å². The Hall–Kier alpha value is -5.51. The van der Waals surface area contributed by atoms with Crippen molar-refractivity contribution in [3.05, 3.63) is 71.8 Å². The first-order valence-electron chi connectivity index (χ1n) is 18.8. The number of likely N-dealkylation sites (tertiary alicyclic amines) is 1. The van der Waals surface area contributed by atoms with Gasteiger partial charge in [0.15, 0.2) is 5.96 Å². The van der Waals surface area contributed by atoms with Crippen molar-refractivity contribution in [1.29, 1.82) is 0 Å². The van der Waals surface area contributed by atoms with Crippen molar-refractivity contribution in [2.24, 2.45) is 28.1 Å². The van der Waals surface area contributed by atoms with Crippen LogP contribution in [0.15, 0.2) is 65.7 Å². The Bertz CT molecular complexity index is 1620. The maximum absolute atomic E-state index is 14.2. The fourth-order valence-corrected chi connectivity index (χ4v) is 6.36. The van der Waals surface area contributed by atoms with Crippen LogP contribution >= 0.6 is 0 Å². The third kappa shape index (κ3) is 14.7. The van der Waals surface area contributed by atoms with Gasteiger partial charge >= 0.3 is 5.97 Å². The van der Waals surface area contributed by atoms with E-state index in [1.165, 1.54) is 11.8 Å². The number of carbonyl (C=O) groups excluding carboxylic acids is 5. The van der Waals surface area contributed by atoms with Gasteiger partial charge in [0.05, 0.1) is 6.04 Å². The number of nitrogens with one attached hydrogen (secondary N) is 4. The SMILES string of the molecule is CC(C)C[C@H](NC(=O)[C@@H]1CCCN1C(=O)[C@H](CCc1ccccc1)NC(=O)[C@@H](N)Cc1ccccc1)C(=O)N[C@@H](C)C(=O)N[C@@H](CCCN=C(N)N)C(=O)O. The highest BCUT2D eigenvalue weighted by Crippen LogP contribution is 2.21. The van der Waals surface area contributed by atoms with E-state index in [1.807, 2.05) is 74.5 Å². The molecule has 3 rings (SSSR count). The number of hydrogen-bond donors (Lipinski definition) is 8. The summed E-state index contributed by atoms with van der Waals surface area (Å²) >= 11 is 0. The second-order valence-electron chi connectivity index (χ2n) is 14.3. The first-order chi connectivity index (χ1) is 26.2. The minimum absolute atomic E-state index is 0.0409. The summed E-state index contributed by atoms with van der Waals surface area (Å²) in [6.45, 7) is 5.61. The lowest BCUT2D eigenvalue weighted by Crippen LogP contribution is -2.58. The average molecular weight is 764 g/mol. The molecule has 0 unspecified atom stereocenters. The lowest BCUT2D eigenvalue weighted by atomic mass is 10.0. The normalized spacial score (nSPS) is 16.5. The Labute approximate surface area is 322 Å². The first kappa shape index (κ1) is 43.9. The number of benzene rings is 2. The molecule has 0 bridgehead atoms. The summed E-state index contributed by atoms with van der Waals surface area (Å²) in [5, 5.41) is 20.3. The van der Waals surface area contributed by atoms with Crippen molar-refractivity contribution >= 4 is 41.5 Å². The van der Waals surface area contributed by atoms with Crippen molar-refractivity contribution in [2.45, 2.75) is 108 Å². The lowest BCUT2D eigenvalue weighted by molar-refractivity contribution is -0.143. The van der Waals surface area contributed by atoms with Gasteiger partial charge in [-0.25, -0.2) is 4.79 Å². The van der Waals surface area contributed by atoms with Crippen molar-refractivity contribution < 1.29 is 33.9 Å². The van der Waals surface area contributed by atoms with Gasteiger partial charge < -0.3 is 48.5 Å². The monoisotopic (exact) mass is 763 g/mol. The van der Waals surface area contributed by atoms with Crippen LogP contribution < -0.4 is 38.5 Å². The molecule has 55 heavy (non-hydrogen) atoms. The van der Waals surface area contributed by atoms with Gasteiger partial charge in [-0.2, -0.15) is 0 Å². The number of rotatable bonds is 21. The molecule has 1 aliphatic rings. The molecule has 16 heteroatoms. The van der Waals surface area contributed by atoms with Crippen LogP contribution in [-0.2, 0) is 41.6 Å². The Morgan fingerprint density at radius 1 is 0.800 bits per heavy atom. The van der Waals surface area contributed by atoms with E-state index >= 15 is 0 Å². The van der Waals surface area contributed by atoms with Crippen LogP contribution in [0, 0.1) is 5.92 Å². The molecule has 5 amide bonds. The highest BCUT2D eigenvalue weighted by molar-refractivity contribution is 5.96. The zero-order valence-electron chi connectivity index (χ0n) is 31.9. The maximum atomic E-state index is 14.2. The maximum Gasteiger partial charge on any atom is 0.326 e. The van der Waals surface area contributed by atoms with Crippen molar-refractivity contribution in [1.82, 2.24) is 26.2 Å². The first-order valence-corrected chi connectivity index (χ1v) is 18.8. The average Bonchev–Trinajstić information content (AvgIpc) is 3.64. The van der Waals surface area contributed by atoms with Crippen LogP contribution in [0.1, 0.15) is 70.4 Å². The summed E-state index contributed by atoms with van der Waals surface area (Å²) in [6.07, 6.45) is 2.49. The topological polar surface area (TPSA) is 264 Å². The Morgan fingerprint density at radius 3 is 2.02 bits per heavy atom. The number of amides is 5. The molecule has 1 saturated heterocycles. The summed E-state index contributed by atoms with van der Waals surface area (Å²) in [6, 6.07) is 12.7. The van der Waals surface area contributed by atoms with E-state index in [9.17, 15) is 33.9 Å². The number of carbonyl (C=O) groups is 6. The summed E-state index contributed by atoms with van der Waals surface area (Å²) in [4.78, 5) is 84.8. The predicted octanol–water partition coefficient (Wildman–Crippen LogP) is 0.324. The Kier molecular flexibility index (Phi) is 17.6. The molecule has 0 radical (unpaired) electrons. The summed E-state index contributed by atoms with van der Waals surface area (Å²) in [5.41, 5.74) is 18.7. The molecule has 2 aromatic rings. The molecular weight excluding hydrogens is 706 g/mol. The Balaban J connectivity index is 1.70. The van der Waals surface area contributed by atoms with Crippen molar-refractivity contribution in [2.75, 3.05) is 13.1 Å². The van der Waals surface area contributed by atoms with Gasteiger partial charge in [0.2, 0.25) is 29.5 Å². The van der Waals surface area contributed by atoms with E-state index in [2.05, 4.69) is 26.3 Å². The largest absolute Gasteiger partial charge is 0.480 e. The van der Waals surface area contributed by atoms with Gasteiger partial charge in [-0.15, -0.1) is 0 Å².